The number of ether oxygens (including phenoxy) is 1. The Kier molecular flexibility index (Phi) is 6.32. The highest BCUT2D eigenvalue weighted by Crippen LogP contribution is 2.16. The summed E-state index contributed by atoms with van der Waals surface area (Å²) >= 11 is 0. The maximum absolute atomic E-state index is 12.5. The predicted molar refractivity (Wildman–Crippen MR) is 108 cm³/mol. The molecule has 2 amide bonds. The van der Waals surface area contributed by atoms with Crippen LogP contribution in [0.3, 0.4) is 0 Å². The lowest BCUT2D eigenvalue weighted by Gasteiger charge is -2.09. The summed E-state index contributed by atoms with van der Waals surface area (Å²) in [7, 11) is 0. The highest BCUT2D eigenvalue weighted by molar-refractivity contribution is 6.04. The third-order valence-corrected chi connectivity index (χ3v) is 3.89. The van der Waals surface area contributed by atoms with Crippen molar-refractivity contribution in [3.63, 3.8) is 0 Å². The number of pyridine rings is 1. The van der Waals surface area contributed by atoms with Gasteiger partial charge in [-0.25, -0.2) is 0 Å². The van der Waals surface area contributed by atoms with Crippen LogP contribution < -0.4 is 15.4 Å². The lowest BCUT2D eigenvalue weighted by molar-refractivity contribution is -0.131. The van der Waals surface area contributed by atoms with E-state index in [9.17, 15) is 14.4 Å². The maximum Gasteiger partial charge on any atom is 0.308 e. The molecule has 0 bridgehead atoms. The number of amides is 2. The van der Waals surface area contributed by atoms with Crippen LogP contribution in [0.1, 0.15) is 33.3 Å². The Labute approximate surface area is 167 Å². The Hall–Kier alpha value is -4.00. The van der Waals surface area contributed by atoms with Gasteiger partial charge in [-0.05, 0) is 48.0 Å². The number of rotatable bonds is 6. The Morgan fingerprint density at radius 2 is 1.76 bits per heavy atom. The number of nitrogens with one attached hydrogen (secondary N) is 2. The van der Waals surface area contributed by atoms with E-state index in [4.69, 9.17) is 4.74 Å². The molecule has 146 valence electrons. The summed E-state index contributed by atoms with van der Waals surface area (Å²) in [6.45, 7) is 1.59. The van der Waals surface area contributed by atoms with E-state index in [1.54, 1.807) is 60.8 Å². The van der Waals surface area contributed by atoms with E-state index in [-0.39, 0.29) is 11.8 Å². The van der Waals surface area contributed by atoms with Crippen LogP contribution in [-0.4, -0.2) is 22.8 Å². The van der Waals surface area contributed by atoms with Gasteiger partial charge in [-0.1, -0.05) is 24.3 Å². The molecule has 0 fully saturated rings. The van der Waals surface area contributed by atoms with Gasteiger partial charge in [0.05, 0.1) is 0 Å². The summed E-state index contributed by atoms with van der Waals surface area (Å²) in [5.41, 5.74) is 2.10. The average Bonchev–Trinajstić information content (AvgIpc) is 2.72. The molecule has 7 heteroatoms. The molecule has 0 aliphatic carbocycles. The van der Waals surface area contributed by atoms with E-state index in [1.807, 2.05) is 6.07 Å². The van der Waals surface area contributed by atoms with Gasteiger partial charge in [0.15, 0.2) is 0 Å². The van der Waals surface area contributed by atoms with Gasteiger partial charge in [0.25, 0.3) is 11.8 Å². The van der Waals surface area contributed by atoms with Gasteiger partial charge in [-0.15, -0.1) is 0 Å². The van der Waals surface area contributed by atoms with Crippen molar-refractivity contribution in [2.75, 3.05) is 5.32 Å². The molecular formula is C22H19N3O4. The first-order valence-corrected chi connectivity index (χ1v) is 8.89. The van der Waals surface area contributed by atoms with E-state index in [2.05, 4.69) is 15.6 Å². The first-order chi connectivity index (χ1) is 14.0. The summed E-state index contributed by atoms with van der Waals surface area (Å²) in [5, 5.41) is 5.58. The molecule has 0 saturated carbocycles. The molecule has 3 rings (SSSR count). The average molecular weight is 389 g/mol. The van der Waals surface area contributed by atoms with Crippen LogP contribution in [0, 0.1) is 0 Å². The van der Waals surface area contributed by atoms with Crippen LogP contribution in [0.2, 0.25) is 0 Å². The lowest BCUT2D eigenvalue weighted by atomic mass is 10.1. The topological polar surface area (TPSA) is 97.4 Å². The van der Waals surface area contributed by atoms with Crippen molar-refractivity contribution in [1.29, 1.82) is 0 Å². The zero-order valence-electron chi connectivity index (χ0n) is 15.7. The molecule has 1 heterocycles. The Morgan fingerprint density at radius 3 is 2.52 bits per heavy atom. The SMILES string of the molecule is CC(=O)Oc1cccc(C(=O)Nc2cccc(CNC(=O)c3ccccn3)c2)c1. The van der Waals surface area contributed by atoms with Crippen LogP contribution in [0.5, 0.6) is 5.75 Å². The zero-order valence-corrected chi connectivity index (χ0v) is 15.7. The van der Waals surface area contributed by atoms with Crippen LogP contribution in [0.15, 0.2) is 72.9 Å². The van der Waals surface area contributed by atoms with Crippen LogP contribution >= 0.6 is 0 Å². The summed E-state index contributed by atoms with van der Waals surface area (Å²) in [5.74, 6) is -0.768. The Morgan fingerprint density at radius 1 is 0.931 bits per heavy atom. The van der Waals surface area contributed by atoms with Crippen LogP contribution in [0.4, 0.5) is 5.69 Å². The molecule has 0 aliphatic heterocycles. The quantitative estimate of drug-likeness (QED) is 0.498. The van der Waals surface area contributed by atoms with Gasteiger partial charge in [-0.3, -0.25) is 19.4 Å². The predicted octanol–water partition coefficient (Wildman–Crippen LogP) is 3.19. The minimum Gasteiger partial charge on any atom is -0.427 e. The van der Waals surface area contributed by atoms with Crippen molar-refractivity contribution < 1.29 is 19.1 Å². The zero-order chi connectivity index (χ0) is 20.6. The van der Waals surface area contributed by atoms with E-state index in [0.717, 1.165) is 5.56 Å². The highest BCUT2D eigenvalue weighted by atomic mass is 16.5. The molecule has 0 spiro atoms. The monoisotopic (exact) mass is 389 g/mol. The highest BCUT2D eigenvalue weighted by Gasteiger charge is 2.10. The molecule has 0 saturated heterocycles. The third-order valence-electron chi connectivity index (χ3n) is 3.89. The van der Waals surface area contributed by atoms with Gasteiger partial charge in [-0.2, -0.15) is 0 Å². The van der Waals surface area contributed by atoms with Gasteiger partial charge in [0.2, 0.25) is 0 Å². The van der Waals surface area contributed by atoms with Gasteiger partial charge < -0.3 is 15.4 Å². The van der Waals surface area contributed by atoms with Crippen LogP contribution in [0.25, 0.3) is 0 Å². The molecule has 29 heavy (non-hydrogen) atoms. The number of carbonyl (C=O) groups is 3. The lowest BCUT2D eigenvalue weighted by Crippen LogP contribution is -2.23. The van der Waals surface area contributed by atoms with E-state index in [1.165, 1.54) is 13.0 Å². The normalized spacial score (nSPS) is 10.1. The molecule has 0 unspecified atom stereocenters. The van der Waals surface area contributed by atoms with E-state index >= 15 is 0 Å². The first-order valence-electron chi connectivity index (χ1n) is 8.89. The molecular weight excluding hydrogens is 370 g/mol. The summed E-state index contributed by atoms with van der Waals surface area (Å²) in [4.78, 5) is 39.7. The van der Waals surface area contributed by atoms with E-state index in [0.29, 0.717) is 29.2 Å². The first kappa shape index (κ1) is 19.8. The number of hydrogen-bond donors (Lipinski definition) is 2. The number of nitrogens with zero attached hydrogens (tertiary/aromatic N) is 1. The Balaban J connectivity index is 1.63. The number of benzene rings is 2. The summed E-state index contributed by atoms with van der Waals surface area (Å²) < 4.78 is 5.00. The number of hydrogen-bond acceptors (Lipinski definition) is 5. The van der Waals surface area contributed by atoms with E-state index < -0.39 is 5.97 Å². The molecule has 0 atom stereocenters. The number of aromatic nitrogens is 1. The molecule has 2 N–H and O–H groups in total. The number of esters is 1. The molecule has 7 nitrogen and oxygen atoms in total. The molecule has 2 aromatic carbocycles. The fourth-order valence-electron chi connectivity index (χ4n) is 2.60. The molecule has 0 aliphatic rings. The van der Waals surface area contributed by atoms with Gasteiger partial charge in [0, 0.05) is 30.9 Å². The van der Waals surface area contributed by atoms with Gasteiger partial charge >= 0.3 is 5.97 Å². The van der Waals surface area contributed by atoms with Crippen molar-refractivity contribution >= 4 is 23.5 Å². The number of anilines is 1. The largest absolute Gasteiger partial charge is 0.427 e. The fraction of sp³-hybridized carbons (Fsp3) is 0.0909. The number of carbonyl (C=O) groups excluding carboxylic acids is 3. The minimum absolute atomic E-state index is 0.276. The third kappa shape index (κ3) is 5.74. The molecule has 0 radical (unpaired) electrons. The molecule has 3 aromatic rings. The molecule has 1 aromatic heterocycles. The van der Waals surface area contributed by atoms with Crippen molar-refractivity contribution in [2.24, 2.45) is 0 Å². The minimum atomic E-state index is -0.456. The summed E-state index contributed by atoms with van der Waals surface area (Å²) in [6, 6.07) is 18.6. The summed E-state index contributed by atoms with van der Waals surface area (Å²) in [6.07, 6.45) is 1.56. The maximum atomic E-state index is 12.5. The second-order valence-electron chi connectivity index (χ2n) is 6.17. The Bertz CT molecular complexity index is 1030. The second kappa shape index (κ2) is 9.27. The van der Waals surface area contributed by atoms with Crippen molar-refractivity contribution in [2.45, 2.75) is 13.5 Å². The fourth-order valence-corrected chi connectivity index (χ4v) is 2.60. The standard InChI is InChI=1S/C22H19N3O4/c1-15(26)29-19-9-5-7-17(13-19)21(27)25-18-8-4-6-16(12-18)14-24-22(28)20-10-2-3-11-23-20/h2-13H,14H2,1H3,(H,24,28)(H,25,27). The van der Waals surface area contributed by atoms with Gasteiger partial charge in [0.1, 0.15) is 11.4 Å². The van der Waals surface area contributed by atoms with Crippen molar-refractivity contribution in [1.82, 2.24) is 10.3 Å². The van der Waals surface area contributed by atoms with Crippen molar-refractivity contribution in [3.05, 3.63) is 89.7 Å². The van der Waals surface area contributed by atoms with Crippen LogP contribution in [-0.2, 0) is 11.3 Å². The second-order valence-corrected chi connectivity index (χ2v) is 6.17. The van der Waals surface area contributed by atoms with Crippen molar-refractivity contribution in [3.8, 4) is 5.75 Å². The smallest absolute Gasteiger partial charge is 0.308 e.